The molecule has 0 amide bonds. The summed E-state index contributed by atoms with van der Waals surface area (Å²) in [4.78, 5) is 19.5. The number of ether oxygens (including phenoxy) is 2. The van der Waals surface area contributed by atoms with Crippen molar-refractivity contribution in [2.24, 2.45) is 0 Å². The maximum atomic E-state index is 11.6. The highest BCUT2D eigenvalue weighted by atomic mass is 16.5. The number of esters is 1. The number of aromatic nitrogens is 3. The molecule has 166 valence electrons. The largest absolute Gasteiger partial charge is 0.491 e. The van der Waals surface area contributed by atoms with Gasteiger partial charge in [0, 0.05) is 27.7 Å². The Morgan fingerprint density at radius 2 is 1.94 bits per heavy atom. The van der Waals surface area contributed by atoms with E-state index in [9.17, 15) is 4.79 Å². The lowest BCUT2D eigenvalue weighted by Gasteiger charge is -2.12. The summed E-state index contributed by atoms with van der Waals surface area (Å²) in [6.45, 7) is 8.21. The van der Waals surface area contributed by atoms with Crippen LogP contribution in [0.1, 0.15) is 38.4 Å². The second-order valence-electron chi connectivity index (χ2n) is 7.97. The molecule has 0 radical (unpaired) electrons. The van der Waals surface area contributed by atoms with Gasteiger partial charge in [-0.3, -0.25) is 4.79 Å². The number of fused-ring (bicyclic) bond motifs is 1. The summed E-state index contributed by atoms with van der Waals surface area (Å²) >= 11 is 0. The van der Waals surface area contributed by atoms with E-state index in [1.54, 1.807) is 0 Å². The van der Waals surface area contributed by atoms with Crippen molar-refractivity contribution in [2.75, 3.05) is 6.61 Å². The van der Waals surface area contributed by atoms with Gasteiger partial charge in [-0.2, -0.15) is 4.98 Å². The van der Waals surface area contributed by atoms with Gasteiger partial charge in [0.1, 0.15) is 5.75 Å². The van der Waals surface area contributed by atoms with E-state index >= 15 is 0 Å². The molecular formula is C25H27N3O4. The van der Waals surface area contributed by atoms with Crippen molar-refractivity contribution in [3.8, 4) is 28.6 Å². The summed E-state index contributed by atoms with van der Waals surface area (Å²) in [6, 6.07) is 13.8. The molecule has 0 unspecified atom stereocenters. The van der Waals surface area contributed by atoms with Gasteiger partial charge in [0.15, 0.2) is 0 Å². The molecule has 0 fully saturated rings. The minimum absolute atomic E-state index is 0.114. The maximum absolute atomic E-state index is 11.6. The SMILES string of the molecule is CCOC(=O)CCc1cc2cc(-c3noc(-c4ccc(OC(C)C)c(C)c4)n3)ccc2[nH]1. The molecule has 7 heteroatoms. The molecule has 0 spiro atoms. The fraction of sp³-hybridized carbons (Fsp3) is 0.320. The van der Waals surface area contributed by atoms with Crippen LogP contribution in [-0.4, -0.2) is 33.8 Å². The highest BCUT2D eigenvalue weighted by Crippen LogP contribution is 2.29. The van der Waals surface area contributed by atoms with Crippen molar-refractivity contribution >= 4 is 16.9 Å². The average molecular weight is 434 g/mol. The van der Waals surface area contributed by atoms with E-state index in [-0.39, 0.29) is 12.1 Å². The van der Waals surface area contributed by atoms with Gasteiger partial charge in [0.2, 0.25) is 5.82 Å². The van der Waals surface area contributed by atoms with E-state index in [1.807, 2.05) is 70.2 Å². The molecule has 4 rings (SSSR count). The van der Waals surface area contributed by atoms with Crippen LogP contribution >= 0.6 is 0 Å². The van der Waals surface area contributed by atoms with Crippen molar-refractivity contribution in [2.45, 2.75) is 46.6 Å². The lowest BCUT2D eigenvalue weighted by molar-refractivity contribution is -0.143. The van der Waals surface area contributed by atoms with Crippen LogP contribution in [0.5, 0.6) is 5.75 Å². The molecule has 0 aliphatic carbocycles. The molecule has 0 atom stereocenters. The Bertz CT molecular complexity index is 1240. The minimum Gasteiger partial charge on any atom is -0.491 e. The zero-order valence-corrected chi connectivity index (χ0v) is 18.8. The fourth-order valence-corrected chi connectivity index (χ4v) is 3.56. The molecule has 32 heavy (non-hydrogen) atoms. The highest BCUT2D eigenvalue weighted by Gasteiger charge is 2.14. The van der Waals surface area contributed by atoms with Crippen molar-refractivity contribution < 1.29 is 18.8 Å². The number of aryl methyl sites for hydroxylation is 2. The Hall–Kier alpha value is -3.61. The van der Waals surface area contributed by atoms with Crippen LogP contribution in [0.3, 0.4) is 0 Å². The first kappa shape index (κ1) is 21.6. The lowest BCUT2D eigenvalue weighted by atomic mass is 10.1. The molecule has 4 aromatic rings. The van der Waals surface area contributed by atoms with Crippen molar-refractivity contribution in [3.05, 3.63) is 53.7 Å². The topological polar surface area (TPSA) is 90.2 Å². The monoisotopic (exact) mass is 433 g/mol. The molecule has 0 saturated heterocycles. The van der Waals surface area contributed by atoms with E-state index in [1.165, 1.54) is 0 Å². The second kappa shape index (κ2) is 9.26. The predicted molar refractivity (Wildman–Crippen MR) is 122 cm³/mol. The zero-order chi connectivity index (χ0) is 22.7. The Kier molecular flexibility index (Phi) is 6.25. The molecule has 2 heterocycles. The van der Waals surface area contributed by atoms with Gasteiger partial charge in [-0.25, -0.2) is 0 Å². The van der Waals surface area contributed by atoms with Gasteiger partial charge in [-0.15, -0.1) is 0 Å². The lowest BCUT2D eigenvalue weighted by Crippen LogP contribution is -2.06. The number of aromatic amines is 1. The summed E-state index contributed by atoms with van der Waals surface area (Å²) in [5.74, 6) is 1.64. The van der Waals surface area contributed by atoms with Crippen molar-refractivity contribution in [1.82, 2.24) is 15.1 Å². The van der Waals surface area contributed by atoms with E-state index in [0.29, 0.717) is 31.2 Å². The van der Waals surface area contributed by atoms with Gasteiger partial charge in [-0.05, 0) is 82.1 Å². The molecule has 0 bridgehead atoms. The number of hydrogen-bond acceptors (Lipinski definition) is 6. The standard InChI is InChI=1S/C25H27N3O4/c1-5-30-23(29)11-8-20-14-19-13-17(6-9-21(19)26-20)24-27-25(32-28-24)18-7-10-22(16(4)12-18)31-15(2)3/h6-7,9-10,12-15,26H,5,8,11H2,1-4H3. The van der Waals surface area contributed by atoms with Crippen LogP contribution in [0.4, 0.5) is 0 Å². The number of benzene rings is 2. The normalized spacial score (nSPS) is 11.3. The molecule has 0 aliphatic rings. The quantitative estimate of drug-likeness (QED) is 0.370. The van der Waals surface area contributed by atoms with E-state index in [0.717, 1.165) is 39.0 Å². The fourth-order valence-electron chi connectivity index (χ4n) is 3.56. The number of carbonyl (C=O) groups excluding carboxylic acids is 1. The van der Waals surface area contributed by atoms with Gasteiger partial charge < -0.3 is 19.0 Å². The Balaban J connectivity index is 1.53. The minimum atomic E-state index is -0.190. The molecule has 0 aliphatic heterocycles. The summed E-state index contributed by atoms with van der Waals surface area (Å²) in [5, 5.41) is 5.19. The second-order valence-corrected chi connectivity index (χ2v) is 7.97. The van der Waals surface area contributed by atoms with Crippen LogP contribution in [0, 0.1) is 6.92 Å². The molecular weight excluding hydrogens is 406 g/mol. The number of hydrogen-bond donors (Lipinski definition) is 1. The third-order valence-electron chi connectivity index (χ3n) is 5.05. The number of rotatable bonds is 8. The predicted octanol–water partition coefficient (Wildman–Crippen LogP) is 5.48. The maximum Gasteiger partial charge on any atom is 0.306 e. The Morgan fingerprint density at radius 1 is 1.12 bits per heavy atom. The highest BCUT2D eigenvalue weighted by molar-refractivity contribution is 5.85. The Labute approximate surface area is 186 Å². The van der Waals surface area contributed by atoms with Crippen LogP contribution in [0.2, 0.25) is 0 Å². The van der Waals surface area contributed by atoms with Crippen LogP contribution in [0.25, 0.3) is 33.7 Å². The summed E-state index contributed by atoms with van der Waals surface area (Å²) in [7, 11) is 0. The third-order valence-corrected chi connectivity index (χ3v) is 5.05. The van der Waals surface area contributed by atoms with Gasteiger partial charge in [-0.1, -0.05) is 5.16 Å². The van der Waals surface area contributed by atoms with Gasteiger partial charge in [0.25, 0.3) is 5.89 Å². The number of H-pyrrole nitrogens is 1. The zero-order valence-electron chi connectivity index (χ0n) is 18.8. The van der Waals surface area contributed by atoms with Crippen LogP contribution in [-0.2, 0) is 16.0 Å². The van der Waals surface area contributed by atoms with Crippen LogP contribution in [0.15, 0.2) is 47.0 Å². The molecule has 1 N–H and O–H groups in total. The number of nitrogens with zero attached hydrogens (tertiary/aromatic N) is 2. The third kappa shape index (κ3) is 4.82. The van der Waals surface area contributed by atoms with E-state index in [2.05, 4.69) is 15.1 Å². The first-order chi connectivity index (χ1) is 15.4. The average Bonchev–Trinajstić information content (AvgIpc) is 3.40. The van der Waals surface area contributed by atoms with E-state index < -0.39 is 0 Å². The summed E-state index contributed by atoms with van der Waals surface area (Å²) in [5.41, 5.74) is 4.70. The molecule has 2 aromatic carbocycles. The molecule has 0 saturated carbocycles. The van der Waals surface area contributed by atoms with Crippen molar-refractivity contribution in [1.29, 1.82) is 0 Å². The van der Waals surface area contributed by atoms with Gasteiger partial charge in [0.05, 0.1) is 19.1 Å². The van der Waals surface area contributed by atoms with Crippen LogP contribution < -0.4 is 4.74 Å². The number of carbonyl (C=O) groups is 1. The summed E-state index contributed by atoms with van der Waals surface area (Å²) < 4.78 is 16.3. The van der Waals surface area contributed by atoms with Crippen molar-refractivity contribution in [3.63, 3.8) is 0 Å². The smallest absolute Gasteiger partial charge is 0.306 e. The van der Waals surface area contributed by atoms with E-state index in [4.69, 9.17) is 14.0 Å². The van der Waals surface area contributed by atoms with Gasteiger partial charge >= 0.3 is 5.97 Å². The number of nitrogens with one attached hydrogen (secondary N) is 1. The first-order valence-electron chi connectivity index (χ1n) is 10.8. The summed E-state index contributed by atoms with van der Waals surface area (Å²) in [6.07, 6.45) is 1.07. The molecule has 7 nitrogen and oxygen atoms in total. The Morgan fingerprint density at radius 3 is 2.69 bits per heavy atom. The first-order valence-corrected chi connectivity index (χ1v) is 10.8. The molecule has 2 aromatic heterocycles.